The van der Waals surface area contributed by atoms with Crippen molar-refractivity contribution >= 4 is 0 Å². The summed E-state index contributed by atoms with van der Waals surface area (Å²) in [6, 6.07) is 0. The fraction of sp³-hybridized carbons (Fsp3) is 0.818. The molecule has 3 atom stereocenters. The van der Waals surface area contributed by atoms with Crippen molar-refractivity contribution in [3.8, 4) is 0 Å². The molecule has 1 aliphatic carbocycles. The van der Waals surface area contributed by atoms with Crippen molar-refractivity contribution in [3.05, 3.63) is 12.8 Å². The van der Waals surface area contributed by atoms with Gasteiger partial charge in [0.2, 0.25) is 0 Å². The van der Waals surface area contributed by atoms with Crippen LogP contribution in [0.4, 0.5) is 0 Å². The lowest BCUT2D eigenvalue weighted by atomic mass is 9.79. The molecule has 0 aromatic heterocycles. The van der Waals surface area contributed by atoms with Gasteiger partial charge in [-0.25, -0.2) is 0 Å². The Kier molecular flexibility index (Phi) is 2.32. The molecule has 0 heteroatoms. The topological polar surface area (TPSA) is 0 Å². The number of rotatable bonds is 3. The average Bonchev–Trinajstić information content (AvgIpc) is 2.61. The molecule has 1 fully saturated rings. The first-order chi connectivity index (χ1) is 5.05. The van der Waals surface area contributed by atoms with Gasteiger partial charge in [0, 0.05) is 0 Å². The summed E-state index contributed by atoms with van der Waals surface area (Å²) in [5.41, 5.74) is 0.523. The summed E-state index contributed by atoms with van der Waals surface area (Å²) in [5.74, 6) is 3.12. The predicted octanol–water partition coefficient (Wildman–Crippen LogP) is 3.49. The van der Waals surface area contributed by atoms with Crippen molar-refractivity contribution in [2.75, 3.05) is 0 Å². The van der Waals surface area contributed by atoms with Crippen LogP contribution < -0.4 is 0 Å². The van der Waals surface area contributed by atoms with Gasteiger partial charge in [-0.05, 0) is 36.5 Å². The van der Waals surface area contributed by atoms with Crippen LogP contribution >= 0.6 is 0 Å². The monoisotopic (exact) mass is 152 g/mol. The van der Waals surface area contributed by atoms with Crippen molar-refractivity contribution in [1.29, 1.82) is 0 Å². The molecule has 0 aromatic carbocycles. The Morgan fingerprint density at radius 2 is 2.18 bits per heavy atom. The Hall–Kier alpha value is 0. The molecular formula is C11H20. The largest absolute Gasteiger partial charge is 0.0651 e. The van der Waals surface area contributed by atoms with Crippen LogP contribution in [-0.2, 0) is 0 Å². The highest BCUT2D eigenvalue weighted by atomic mass is 14.6. The minimum absolute atomic E-state index is 0.523. The van der Waals surface area contributed by atoms with Crippen molar-refractivity contribution in [2.45, 2.75) is 40.5 Å². The highest BCUT2D eigenvalue weighted by Crippen LogP contribution is 2.64. The Morgan fingerprint density at radius 3 is 2.27 bits per heavy atom. The molecule has 0 spiro atoms. The molecule has 0 N–H and O–H groups in total. The molecule has 0 saturated heterocycles. The fourth-order valence-electron chi connectivity index (χ4n) is 2.57. The summed E-state index contributed by atoms with van der Waals surface area (Å²) in [7, 11) is 0. The SMILES string of the molecule is [CH2]C(C)C1([C](C)C)CC1CC. The molecule has 0 heterocycles. The first-order valence-electron chi connectivity index (χ1n) is 4.69. The molecule has 0 amide bonds. The molecule has 1 rings (SSSR count). The summed E-state index contributed by atoms with van der Waals surface area (Å²) < 4.78 is 0. The van der Waals surface area contributed by atoms with Gasteiger partial charge in [-0.3, -0.25) is 0 Å². The van der Waals surface area contributed by atoms with Gasteiger partial charge in [-0.1, -0.05) is 34.1 Å². The number of hydrogen-bond acceptors (Lipinski definition) is 0. The molecular weight excluding hydrogens is 132 g/mol. The van der Waals surface area contributed by atoms with Crippen LogP contribution in [0.2, 0.25) is 0 Å². The smallest absolute Gasteiger partial charge is 0.0184 e. The normalized spacial score (nSPS) is 28.1. The second-order valence-electron chi connectivity index (χ2n) is 4.25. The molecule has 0 aliphatic heterocycles. The van der Waals surface area contributed by atoms with Crippen molar-refractivity contribution in [3.63, 3.8) is 0 Å². The van der Waals surface area contributed by atoms with Gasteiger partial charge in [0.15, 0.2) is 0 Å². The van der Waals surface area contributed by atoms with Gasteiger partial charge in [0.25, 0.3) is 0 Å². The van der Waals surface area contributed by atoms with E-state index in [1.807, 2.05) is 0 Å². The second kappa shape index (κ2) is 2.80. The van der Waals surface area contributed by atoms with E-state index >= 15 is 0 Å². The van der Waals surface area contributed by atoms with Crippen LogP contribution in [0.3, 0.4) is 0 Å². The average molecular weight is 152 g/mol. The maximum atomic E-state index is 4.17. The Morgan fingerprint density at radius 1 is 1.64 bits per heavy atom. The van der Waals surface area contributed by atoms with Gasteiger partial charge < -0.3 is 0 Å². The van der Waals surface area contributed by atoms with Crippen molar-refractivity contribution in [1.82, 2.24) is 0 Å². The van der Waals surface area contributed by atoms with Gasteiger partial charge in [-0.2, -0.15) is 0 Å². The first kappa shape index (κ1) is 9.09. The number of hydrogen-bond donors (Lipinski definition) is 0. The predicted molar refractivity (Wildman–Crippen MR) is 49.9 cm³/mol. The maximum Gasteiger partial charge on any atom is -0.0184 e. The highest BCUT2D eigenvalue weighted by Gasteiger charge is 2.56. The zero-order valence-corrected chi connectivity index (χ0v) is 8.28. The minimum atomic E-state index is 0.523. The Bertz CT molecular complexity index is 125. The van der Waals surface area contributed by atoms with Gasteiger partial charge in [0.05, 0.1) is 0 Å². The molecule has 2 radical (unpaired) electrons. The van der Waals surface area contributed by atoms with E-state index < -0.39 is 0 Å². The van der Waals surface area contributed by atoms with Gasteiger partial charge in [0.1, 0.15) is 0 Å². The van der Waals surface area contributed by atoms with Gasteiger partial charge >= 0.3 is 0 Å². The zero-order valence-electron chi connectivity index (χ0n) is 8.28. The third-order valence-electron chi connectivity index (χ3n) is 3.46. The lowest BCUT2D eigenvalue weighted by Gasteiger charge is -2.25. The summed E-state index contributed by atoms with van der Waals surface area (Å²) in [6.07, 6.45) is 2.71. The van der Waals surface area contributed by atoms with Crippen LogP contribution in [-0.4, -0.2) is 0 Å². The van der Waals surface area contributed by atoms with Gasteiger partial charge in [-0.15, -0.1) is 0 Å². The van der Waals surface area contributed by atoms with Crippen LogP contribution in [0.1, 0.15) is 40.5 Å². The summed E-state index contributed by atoms with van der Waals surface area (Å²) in [6.45, 7) is 13.2. The van der Waals surface area contributed by atoms with Crippen LogP contribution in [0.5, 0.6) is 0 Å². The van der Waals surface area contributed by atoms with E-state index in [1.54, 1.807) is 5.92 Å². The molecule has 1 saturated carbocycles. The highest BCUT2D eigenvalue weighted by molar-refractivity contribution is 5.18. The quantitative estimate of drug-likeness (QED) is 0.580. The zero-order chi connectivity index (χ0) is 8.65. The molecule has 0 aromatic rings. The van der Waals surface area contributed by atoms with E-state index in [-0.39, 0.29) is 0 Å². The van der Waals surface area contributed by atoms with Crippen LogP contribution in [0.15, 0.2) is 0 Å². The molecule has 1 aliphatic rings. The van der Waals surface area contributed by atoms with Crippen molar-refractivity contribution < 1.29 is 0 Å². The van der Waals surface area contributed by atoms with Crippen LogP contribution in [0.25, 0.3) is 0 Å². The van der Waals surface area contributed by atoms with Crippen molar-refractivity contribution in [2.24, 2.45) is 17.3 Å². The Labute approximate surface area is 71.4 Å². The van der Waals surface area contributed by atoms with E-state index in [4.69, 9.17) is 0 Å². The third kappa shape index (κ3) is 1.21. The summed E-state index contributed by atoms with van der Waals surface area (Å²) >= 11 is 0. The summed E-state index contributed by atoms with van der Waals surface area (Å²) in [4.78, 5) is 0. The van der Waals surface area contributed by atoms with E-state index in [0.29, 0.717) is 11.3 Å². The van der Waals surface area contributed by atoms with E-state index in [1.165, 1.54) is 12.8 Å². The molecule has 11 heavy (non-hydrogen) atoms. The molecule has 3 unspecified atom stereocenters. The van der Waals surface area contributed by atoms with E-state index in [9.17, 15) is 0 Å². The molecule has 64 valence electrons. The molecule has 0 bridgehead atoms. The van der Waals surface area contributed by atoms with E-state index in [0.717, 1.165) is 5.92 Å². The van der Waals surface area contributed by atoms with E-state index in [2.05, 4.69) is 34.6 Å². The first-order valence-corrected chi connectivity index (χ1v) is 4.69. The lowest BCUT2D eigenvalue weighted by Crippen LogP contribution is -2.18. The second-order valence-corrected chi connectivity index (χ2v) is 4.25. The molecule has 0 nitrogen and oxygen atoms in total. The minimum Gasteiger partial charge on any atom is -0.0651 e. The Balaban J connectivity index is 2.63. The standard InChI is InChI=1S/C11H20/c1-6-10-7-11(10,8(2)3)9(4)5/h8,10H,2,6-7H2,1,3-5H3. The maximum absolute atomic E-state index is 4.17. The van der Waals surface area contributed by atoms with Crippen LogP contribution in [0, 0.1) is 30.1 Å². The lowest BCUT2D eigenvalue weighted by molar-refractivity contribution is 0.368. The third-order valence-corrected chi connectivity index (χ3v) is 3.46. The summed E-state index contributed by atoms with van der Waals surface area (Å²) in [5, 5.41) is 0. The fourth-order valence-corrected chi connectivity index (χ4v) is 2.57.